The average molecular weight is 258 g/mol. The maximum Gasteiger partial charge on any atom is 0.0125 e. The molecule has 2 fully saturated rings. The van der Waals surface area contributed by atoms with E-state index in [1.807, 2.05) is 0 Å². The van der Waals surface area contributed by atoms with E-state index in [2.05, 4.69) is 54.8 Å². The molecule has 2 heteroatoms. The Bertz CT molecular complexity index is 418. The van der Waals surface area contributed by atoms with Crippen molar-refractivity contribution in [2.24, 2.45) is 5.41 Å². The molecule has 1 aliphatic heterocycles. The number of rotatable bonds is 4. The maximum absolute atomic E-state index is 3.83. The minimum atomic E-state index is 0.338. The lowest BCUT2D eigenvalue weighted by Gasteiger charge is -2.39. The molecule has 0 bridgehead atoms. The molecule has 0 amide bonds. The van der Waals surface area contributed by atoms with Crippen LogP contribution in [-0.2, 0) is 5.41 Å². The van der Waals surface area contributed by atoms with E-state index in [-0.39, 0.29) is 0 Å². The summed E-state index contributed by atoms with van der Waals surface area (Å²) < 4.78 is 0. The van der Waals surface area contributed by atoms with Gasteiger partial charge in [-0.3, -0.25) is 0 Å². The summed E-state index contributed by atoms with van der Waals surface area (Å²) in [5.41, 5.74) is 2.37. The van der Waals surface area contributed by atoms with Gasteiger partial charge in [-0.1, -0.05) is 44.2 Å². The molecule has 2 aliphatic rings. The molecule has 2 N–H and O–H groups in total. The Kier molecular flexibility index (Phi) is 3.40. The molecule has 3 rings (SSSR count). The molecule has 1 aromatic carbocycles. The standard InChI is InChI=1S/C17H26N2/c1-16(2)12-15(16)19-13-17(8-10-18-11-9-17)14-6-4-3-5-7-14/h3-7,15,18-19H,8-13H2,1-2H3. The molecule has 0 spiro atoms. The first-order valence-electron chi connectivity index (χ1n) is 7.62. The molecular formula is C17H26N2. The summed E-state index contributed by atoms with van der Waals surface area (Å²) in [6, 6.07) is 11.8. The Labute approximate surface area is 117 Å². The van der Waals surface area contributed by atoms with Crippen LogP contribution in [0, 0.1) is 5.41 Å². The van der Waals surface area contributed by atoms with Gasteiger partial charge in [0.25, 0.3) is 0 Å². The van der Waals surface area contributed by atoms with Crippen LogP contribution in [0.1, 0.15) is 38.7 Å². The Balaban J connectivity index is 1.73. The van der Waals surface area contributed by atoms with Crippen molar-refractivity contribution >= 4 is 0 Å². The van der Waals surface area contributed by atoms with Crippen molar-refractivity contribution in [3.05, 3.63) is 35.9 Å². The fraction of sp³-hybridized carbons (Fsp3) is 0.647. The third-order valence-corrected chi connectivity index (χ3v) is 5.15. The maximum atomic E-state index is 3.83. The number of benzene rings is 1. The molecule has 2 nitrogen and oxygen atoms in total. The van der Waals surface area contributed by atoms with Crippen LogP contribution in [0.2, 0.25) is 0 Å². The zero-order valence-electron chi connectivity index (χ0n) is 12.2. The fourth-order valence-corrected chi connectivity index (χ4v) is 3.40. The molecule has 1 heterocycles. The molecule has 1 saturated carbocycles. The predicted molar refractivity (Wildman–Crippen MR) is 80.4 cm³/mol. The number of nitrogens with one attached hydrogen (secondary N) is 2. The van der Waals surface area contributed by atoms with Crippen molar-refractivity contribution < 1.29 is 0 Å². The lowest BCUT2D eigenvalue weighted by Crippen LogP contribution is -2.47. The van der Waals surface area contributed by atoms with Gasteiger partial charge >= 0.3 is 0 Å². The number of hydrogen-bond acceptors (Lipinski definition) is 2. The Morgan fingerprint density at radius 3 is 2.37 bits per heavy atom. The van der Waals surface area contributed by atoms with Crippen LogP contribution in [0.5, 0.6) is 0 Å². The topological polar surface area (TPSA) is 24.1 Å². The van der Waals surface area contributed by atoms with Crippen molar-refractivity contribution in [1.29, 1.82) is 0 Å². The second kappa shape index (κ2) is 4.92. The van der Waals surface area contributed by atoms with Crippen LogP contribution in [0.3, 0.4) is 0 Å². The van der Waals surface area contributed by atoms with Gasteiger partial charge in [-0.15, -0.1) is 0 Å². The molecule has 1 unspecified atom stereocenters. The van der Waals surface area contributed by atoms with Gasteiger partial charge in [0.2, 0.25) is 0 Å². The van der Waals surface area contributed by atoms with E-state index in [0.717, 1.165) is 25.7 Å². The summed E-state index contributed by atoms with van der Waals surface area (Å²) in [4.78, 5) is 0. The van der Waals surface area contributed by atoms with Crippen molar-refractivity contribution in [3.8, 4) is 0 Å². The van der Waals surface area contributed by atoms with E-state index in [9.17, 15) is 0 Å². The smallest absolute Gasteiger partial charge is 0.0125 e. The zero-order chi connectivity index (χ0) is 13.3. The lowest BCUT2D eigenvalue weighted by atomic mass is 9.73. The second-order valence-corrected chi connectivity index (χ2v) is 7.02. The molecule has 0 radical (unpaired) electrons. The first-order valence-corrected chi connectivity index (χ1v) is 7.62. The first-order chi connectivity index (χ1) is 9.12. The number of piperidine rings is 1. The lowest BCUT2D eigenvalue weighted by molar-refractivity contribution is 0.288. The minimum Gasteiger partial charge on any atom is -0.317 e. The fourth-order valence-electron chi connectivity index (χ4n) is 3.40. The van der Waals surface area contributed by atoms with Crippen molar-refractivity contribution in [3.63, 3.8) is 0 Å². The Hall–Kier alpha value is -0.860. The van der Waals surface area contributed by atoms with Gasteiger partial charge in [0, 0.05) is 18.0 Å². The Morgan fingerprint density at radius 1 is 1.16 bits per heavy atom. The summed E-state index contributed by atoms with van der Waals surface area (Å²) in [6.45, 7) is 8.15. The average Bonchev–Trinajstić information content (AvgIpc) is 3.06. The second-order valence-electron chi connectivity index (χ2n) is 7.02. The Morgan fingerprint density at radius 2 is 1.79 bits per heavy atom. The quantitative estimate of drug-likeness (QED) is 0.867. The van der Waals surface area contributed by atoms with Gasteiger partial charge in [-0.25, -0.2) is 0 Å². The van der Waals surface area contributed by atoms with Crippen molar-refractivity contribution in [2.45, 2.75) is 44.6 Å². The van der Waals surface area contributed by atoms with E-state index in [0.29, 0.717) is 10.8 Å². The van der Waals surface area contributed by atoms with Crippen LogP contribution >= 0.6 is 0 Å². The highest BCUT2D eigenvalue weighted by Gasteiger charge is 2.46. The molecular weight excluding hydrogens is 232 g/mol. The van der Waals surface area contributed by atoms with Gasteiger partial charge in [-0.2, -0.15) is 0 Å². The molecule has 104 valence electrons. The van der Waals surface area contributed by atoms with E-state index >= 15 is 0 Å². The van der Waals surface area contributed by atoms with E-state index in [1.54, 1.807) is 0 Å². The van der Waals surface area contributed by atoms with Gasteiger partial charge in [-0.05, 0) is 43.3 Å². The molecule has 1 aliphatic carbocycles. The molecule has 1 atom stereocenters. The SMILES string of the molecule is CC1(C)CC1NCC1(c2ccccc2)CCNCC1. The zero-order valence-corrected chi connectivity index (χ0v) is 12.2. The summed E-state index contributed by atoms with van der Waals surface area (Å²) in [6.07, 6.45) is 3.82. The van der Waals surface area contributed by atoms with Gasteiger partial charge in [0.05, 0.1) is 0 Å². The third kappa shape index (κ3) is 2.70. The molecule has 1 aromatic rings. The van der Waals surface area contributed by atoms with Crippen LogP contribution in [0.25, 0.3) is 0 Å². The van der Waals surface area contributed by atoms with Gasteiger partial charge < -0.3 is 10.6 Å². The highest BCUT2D eigenvalue weighted by Crippen LogP contribution is 2.45. The van der Waals surface area contributed by atoms with E-state index in [1.165, 1.54) is 24.8 Å². The number of hydrogen-bond donors (Lipinski definition) is 2. The first kappa shape index (κ1) is 13.1. The van der Waals surface area contributed by atoms with E-state index < -0.39 is 0 Å². The summed E-state index contributed by atoms with van der Waals surface area (Å²) in [5.74, 6) is 0. The minimum absolute atomic E-state index is 0.338. The van der Waals surface area contributed by atoms with Gasteiger partial charge in [0.15, 0.2) is 0 Å². The highest BCUT2D eigenvalue weighted by molar-refractivity contribution is 5.27. The van der Waals surface area contributed by atoms with Crippen LogP contribution in [0.4, 0.5) is 0 Å². The molecule has 1 saturated heterocycles. The summed E-state index contributed by atoms with van der Waals surface area (Å²) in [7, 11) is 0. The van der Waals surface area contributed by atoms with Crippen LogP contribution in [-0.4, -0.2) is 25.7 Å². The van der Waals surface area contributed by atoms with Crippen LogP contribution in [0.15, 0.2) is 30.3 Å². The van der Waals surface area contributed by atoms with Crippen molar-refractivity contribution in [1.82, 2.24) is 10.6 Å². The highest BCUT2D eigenvalue weighted by atomic mass is 15.0. The molecule has 0 aromatic heterocycles. The van der Waals surface area contributed by atoms with Crippen molar-refractivity contribution in [2.75, 3.05) is 19.6 Å². The van der Waals surface area contributed by atoms with Gasteiger partial charge in [0.1, 0.15) is 0 Å². The predicted octanol–water partition coefficient (Wildman–Crippen LogP) is 2.70. The molecule has 19 heavy (non-hydrogen) atoms. The summed E-state index contributed by atoms with van der Waals surface area (Å²) in [5, 5.41) is 7.33. The summed E-state index contributed by atoms with van der Waals surface area (Å²) >= 11 is 0. The van der Waals surface area contributed by atoms with Crippen LogP contribution < -0.4 is 10.6 Å². The monoisotopic (exact) mass is 258 g/mol. The largest absolute Gasteiger partial charge is 0.317 e. The normalized spacial score (nSPS) is 28.0. The van der Waals surface area contributed by atoms with E-state index in [4.69, 9.17) is 0 Å². The third-order valence-electron chi connectivity index (χ3n) is 5.15.